The summed E-state index contributed by atoms with van der Waals surface area (Å²) in [6, 6.07) is 0. The molecule has 0 spiro atoms. The Morgan fingerprint density at radius 2 is 1.82 bits per heavy atom. The molecular formula is C5H8BClF3K. The van der Waals surface area contributed by atoms with Crippen molar-refractivity contribution in [2.75, 3.05) is 5.88 Å². The Bertz CT molecular complexity index is 115. The molecule has 0 unspecified atom stereocenters. The van der Waals surface area contributed by atoms with Crippen LogP contribution >= 0.6 is 11.6 Å². The van der Waals surface area contributed by atoms with Gasteiger partial charge in [-0.3, -0.25) is 0 Å². The summed E-state index contributed by atoms with van der Waals surface area (Å²) in [5.41, 5.74) is 0. The number of hydrogen-bond acceptors (Lipinski definition) is 0. The molecule has 0 fully saturated rings. The Hall–Kier alpha value is 1.52. The number of alkyl halides is 1. The largest absolute Gasteiger partial charge is 1.00 e. The summed E-state index contributed by atoms with van der Waals surface area (Å²) >= 11 is 5.24. The van der Waals surface area contributed by atoms with Crippen molar-refractivity contribution in [1.82, 2.24) is 0 Å². The van der Waals surface area contributed by atoms with Gasteiger partial charge in [0, 0.05) is 5.88 Å². The van der Waals surface area contributed by atoms with Gasteiger partial charge in [-0.25, -0.2) is 0 Å². The minimum atomic E-state index is -4.74. The standard InChI is InChI=1S/C5H8BClF3.K/c7-5-3-1-2-4-6(8,9)10;/h2,4H,1,3,5H2;/q-1;+1/b4-2+;. The zero-order valence-corrected chi connectivity index (χ0v) is 10.2. The van der Waals surface area contributed by atoms with E-state index in [1.165, 1.54) is 0 Å². The summed E-state index contributed by atoms with van der Waals surface area (Å²) in [7, 11) is 0. The Morgan fingerprint density at radius 1 is 1.27 bits per heavy atom. The van der Waals surface area contributed by atoms with Gasteiger partial charge < -0.3 is 12.9 Å². The van der Waals surface area contributed by atoms with Gasteiger partial charge in [-0.1, -0.05) is 0 Å². The first-order chi connectivity index (χ1) is 4.56. The number of hydrogen-bond donors (Lipinski definition) is 0. The molecule has 0 nitrogen and oxygen atoms in total. The zero-order chi connectivity index (χ0) is 8.04. The second-order valence-corrected chi connectivity index (χ2v) is 2.26. The maximum atomic E-state index is 11.4. The van der Waals surface area contributed by atoms with Crippen LogP contribution in [0.3, 0.4) is 0 Å². The summed E-state index contributed by atoms with van der Waals surface area (Å²) in [6.45, 7) is -4.74. The van der Waals surface area contributed by atoms with Crippen LogP contribution in [0.15, 0.2) is 12.1 Å². The molecule has 0 aromatic rings. The fraction of sp³-hybridized carbons (Fsp3) is 0.600. The van der Waals surface area contributed by atoms with E-state index in [1.807, 2.05) is 0 Å². The van der Waals surface area contributed by atoms with Gasteiger partial charge in [0.15, 0.2) is 0 Å². The fourth-order valence-corrected chi connectivity index (χ4v) is 0.600. The molecule has 0 saturated carbocycles. The molecule has 11 heavy (non-hydrogen) atoms. The number of allylic oxidation sites excluding steroid dienone is 1. The van der Waals surface area contributed by atoms with Crippen molar-refractivity contribution in [3.05, 3.63) is 12.1 Å². The van der Waals surface area contributed by atoms with E-state index >= 15 is 0 Å². The average molecular weight is 210 g/mol. The van der Waals surface area contributed by atoms with E-state index in [9.17, 15) is 12.9 Å². The van der Waals surface area contributed by atoms with Gasteiger partial charge in [0.2, 0.25) is 0 Å². The van der Waals surface area contributed by atoms with E-state index < -0.39 is 6.98 Å². The van der Waals surface area contributed by atoms with Crippen LogP contribution in [0.5, 0.6) is 0 Å². The number of halogens is 4. The van der Waals surface area contributed by atoms with Crippen LogP contribution in [-0.4, -0.2) is 12.9 Å². The van der Waals surface area contributed by atoms with Crippen LogP contribution in [0.4, 0.5) is 12.9 Å². The fourth-order valence-electron chi connectivity index (χ4n) is 0.446. The van der Waals surface area contributed by atoms with Crippen molar-refractivity contribution in [3.63, 3.8) is 0 Å². The second kappa shape index (κ2) is 8.13. The molecule has 0 radical (unpaired) electrons. The summed E-state index contributed by atoms with van der Waals surface area (Å²) < 4.78 is 34.3. The summed E-state index contributed by atoms with van der Waals surface area (Å²) in [4.78, 5) is 0. The molecule has 0 amide bonds. The third-order valence-electron chi connectivity index (χ3n) is 0.859. The third kappa shape index (κ3) is 14.4. The zero-order valence-electron chi connectivity index (χ0n) is 6.37. The summed E-state index contributed by atoms with van der Waals surface area (Å²) in [6.07, 6.45) is 2.12. The SMILES string of the molecule is F[B-](F)(F)/C=C/CCCCl.[K+]. The van der Waals surface area contributed by atoms with Gasteiger partial charge in [-0.2, -0.15) is 0 Å². The van der Waals surface area contributed by atoms with Gasteiger partial charge in [0.05, 0.1) is 0 Å². The Kier molecular flexibility index (Phi) is 11.1. The van der Waals surface area contributed by atoms with E-state index in [2.05, 4.69) is 0 Å². The maximum Gasteiger partial charge on any atom is 1.00 e. The van der Waals surface area contributed by atoms with E-state index in [-0.39, 0.29) is 51.4 Å². The van der Waals surface area contributed by atoms with E-state index in [4.69, 9.17) is 11.6 Å². The van der Waals surface area contributed by atoms with Crippen LogP contribution in [0.1, 0.15) is 12.8 Å². The van der Waals surface area contributed by atoms with E-state index in [0.717, 1.165) is 6.08 Å². The molecule has 0 bridgehead atoms. The monoisotopic (exact) mass is 210 g/mol. The first-order valence-electron chi connectivity index (χ1n) is 3.00. The molecule has 0 aliphatic carbocycles. The average Bonchev–Trinajstić information content (AvgIpc) is 1.78. The Labute approximate surface area is 112 Å². The molecule has 0 aliphatic heterocycles. The maximum absolute atomic E-state index is 11.4. The smallest absolute Gasteiger partial charge is 0.445 e. The molecule has 0 aromatic heterocycles. The van der Waals surface area contributed by atoms with Gasteiger partial charge >= 0.3 is 58.4 Å². The van der Waals surface area contributed by atoms with E-state index in [0.29, 0.717) is 24.7 Å². The van der Waals surface area contributed by atoms with Crippen LogP contribution in [0, 0.1) is 0 Å². The normalized spacial score (nSPS) is 11.6. The number of unbranched alkanes of at least 4 members (excludes halogenated alkanes) is 1. The van der Waals surface area contributed by atoms with Crippen molar-refractivity contribution < 1.29 is 64.3 Å². The molecule has 6 heteroatoms. The molecule has 0 N–H and O–H groups in total. The molecule has 0 atom stereocenters. The third-order valence-corrected chi connectivity index (χ3v) is 1.13. The first-order valence-corrected chi connectivity index (χ1v) is 3.53. The van der Waals surface area contributed by atoms with Crippen LogP contribution in [0.25, 0.3) is 0 Å². The van der Waals surface area contributed by atoms with Gasteiger partial charge in [-0.05, 0) is 12.8 Å². The summed E-state index contributed by atoms with van der Waals surface area (Å²) in [5, 5.41) is 0. The van der Waals surface area contributed by atoms with Crippen molar-refractivity contribution in [1.29, 1.82) is 0 Å². The van der Waals surface area contributed by atoms with E-state index in [1.54, 1.807) is 0 Å². The molecule has 0 aromatic carbocycles. The second-order valence-electron chi connectivity index (χ2n) is 1.88. The van der Waals surface area contributed by atoms with Crippen LogP contribution in [-0.2, 0) is 0 Å². The molecule has 0 rings (SSSR count). The van der Waals surface area contributed by atoms with Crippen LogP contribution < -0.4 is 51.4 Å². The minimum Gasteiger partial charge on any atom is -0.445 e. The van der Waals surface area contributed by atoms with Crippen molar-refractivity contribution in [2.24, 2.45) is 0 Å². The minimum absolute atomic E-state index is 0. The predicted molar refractivity (Wildman–Crippen MR) is 38.2 cm³/mol. The topological polar surface area (TPSA) is 0 Å². The molecule has 0 aliphatic rings. The van der Waals surface area contributed by atoms with Gasteiger partial charge in [0.25, 0.3) is 0 Å². The van der Waals surface area contributed by atoms with Gasteiger partial charge in [-0.15, -0.1) is 23.7 Å². The first kappa shape index (κ1) is 15.0. The van der Waals surface area contributed by atoms with Gasteiger partial charge in [0.1, 0.15) is 0 Å². The molecule has 60 valence electrons. The van der Waals surface area contributed by atoms with Crippen molar-refractivity contribution in [2.45, 2.75) is 12.8 Å². The van der Waals surface area contributed by atoms with Crippen molar-refractivity contribution >= 4 is 18.6 Å². The Morgan fingerprint density at radius 3 is 2.18 bits per heavy atom. The van der Waals surface area contributed by atoms with Crippen LogP contribution in [0.2, 0.25) is 0 Å². The summed E-state index contributed by atoms with van der Waals surface area (Å²) in [5.74, 6) is 0.710. The molecule has 0 heterocycles. The molecule has 0 saturated heterocycles. The Balaban J connectivity index is 0. The quantitative estimate of drug-likeness (QED) is 0.347. The predicted octanol–water partition coefficient (Wildman–Crippen LogP) is -0.0478. The van der Waals surface area contributed by atoms with Crippen molar-refractivity contribution in [3.8, 4) is 0 Å². The molecular weight excluding hydrogens is 202 g/mol. The number of rotatable bonds is 4.